The number of carbonyl (C=O) groups excluding carboxylic acids is 2. The molecule has 0 spiro atoms. The van der Waals surface area contributed by atoms with Crippen molar-refractivity contribution in [3.8, 4) is 0 Å². The molecule has 1 aliphatic carbocycles. The van der Waals surface area contributed by atoms with Gasteiger partial charge in [-0.25, -0.2) is 0 Å². The van der Waals surface area contributed by atoms with Crippen molar-refractivity contribution in [2.24, 2.45) is 11.8 Å². The van der Waals surface area contributed by atoms with E-state index in [1.54, 1.807) is 0 Å². The van der Waals surface area contributed by atoms with E-state index in [0.29, 0.717) is 12.2 Å². The molecule has 0 heterocycles. The van der Waals surface area contributed by atoms with E-state index in [9.17, 15) is 9.59 Å². The molecule has 2 heteroatoms. The van der Waals surface area contributed by atoms with Crippen LogP contribution in [0.3, 0.4) is 0 Å². The third-order valence-corrected chi connectivity index (χ3v) is 3.15. The van der Waals surface area contributed by atoms with E-state index in [-0.39, 0.29) is 11.8 Å². The van der Waals surface area contributed by atoms with Crippen LogP contribution >= 0.6 is 0 Å². The highest BCUT2D eigenvalue weighted by Gasteiger charge is 2.27. The molecule has 0 amide bonds. The van der Waals surface area contributed by atoms with Crippen LogP contribution in [0.2, 0.25) is 0 Å². The number of hydrogen-bond acceptors (Lipinski definition) is 2. The minimum Gasteiger partial charge on any atom is -0.303 e. The van der Waals surface area contributed by atoms with Crippen LogP contribution < -0.4 is 0 Å². The molecule has 2 unspecified atom stereocenters. The molecule has 1 rings (SSSR count). The molecule has 0 radical (unpaired) electrons. The Morgan fingerprint density at radius 1 is 1.43 bits per heavy atom. The van der Waals surface area contributed by atoms with Crippen molar-refractivity contribution in [2.75, 3.05) is 0 Å². The summed E-state index contributed by atoms with van der Waals surface area (Å²) in [6, 6.07) is 0. The topological polar surface area (TPSA) is 34.1 Å². The lowest BCUT2D eigenvalue weighted by Crippen LogP contribution is -2.25. The quantitative estimate of drug-likeness (QED) is 0.500. The zero-order chi connectivity index (χ0) is 10.4. The lowest BCUT2D eigenvalue weighted by Gasteiger charge is -2.24. The Hall–Kier alpha value is -0.660. The van der Waals surface area contributed by atoms with Crippen molar-refractivity contribution in [1.29, 1.82) is 0 Å². The average molecular weight is 196 g/mol. The molecule has 1 aliphatic rings. The van der Waals surface area contributed by atoms with Gasteiger partial charge >= 0.3 is 0 Å². The fraction of sp³-hybridized carbons (Fsp3) is 0.833. The highest BCUT2D eigenvalue weighted by Crippen LogP contribution is 2.28. The Labute approximate surface area is 86.1 Å². The first-order chi connectivity index (χ1) is 6.77. The summed E-state index contributed by atoms with van der Waals surface area (Å²) in [5, 5.41) is 0. The third kappa shape index (κ3) is 3.24. The average Bonchev–Trinajstić information content (AvgIpc) is 2.21. The SMILES string of the molecule is CCCCCC1CC(C=O)CCC1=O. The predicted octanol–water partition coefficient (Wildman–Crippen LogP) is 2.75. The van der Waals surface area contributed by atoms with Gasteiger partial charge in [-0.1, -0.05) is 26.2 Å². The van der Waals surface area contributed by atoms with Crippen LogP contribution in [0.25, 0.3) is 0 Å². The van der Waals surface area contributed by atoms with Crippen LogP contribution in [-0.4, -0.2) is 12.1 Å². The second-order valence-electron chi connectivity index (χ2n) is 4.33. The van der Waals surface area contributed by atoms with Crippen molar-refractivity contribution in [1.82, 2.24) is 0 Å². The molecule has 2 atom stereocenters. The molecular formula is C12H20O2. The zero-order valence-corrected chi connectivity index (χ0v) is 9.00. The van der Waals surface area contributed by atoms with Gasteiger partial charge in [-0.15, -0.1) is 0 Å². The Morgan fingerprint density at radius 3 is 2.86 bits per heavy atom. The van der Waals surface area contributed by atoms with Gasteiger partial charge in [0.2, 0.25) is 0 Å². The van der Waals surface area contributed by atoms with E-state index in [2.05, 4.69) is 6.92 Å². The standard InChI is InChI=1S/C12H20O2/c1-2-3-4-5-11-8-10(9-13)6-7-12(11)14/h9-11H,2-8H2,1H3. The van der Waals surface area contributed by atoms with Crippen LogP contribution in [0.15, 0.2) is 0 Å². The molecule has 0 saturated heterocycles. The van der Waals surface area contributed by atoms with Gasteiger partial charge in [0, 0.05) is 18.3 Å². The first-order valence-electron chi connectivity index (χ1n) is 5.76. The number of hydrogen-bond donors (Lipinski definition) is 0. The fourth-order valence-electron chi connectivity index (χ4n) is 2.19. The molecule has 0 aromatic carbocycles. The van der Waals surface area contributed by atoms with Crippen LogP contribution in [0.5, 0.6) is 0 Å². The maximum atomic E-state index is 11.5. The number of aldehydes is 1. The normalized spacial score (nSPS) is 27.6. The highest BCUT2D eigenvalue weighted by molar-refractivity contribution is 5.82. The molecule has 0 aromatic heterocycles. The van der Waals surface area contributed by atoms with E-state index in [0.717, 1.165) is 32.0 Å². The van der Waals surface area contributed by atoms with Crippen LogP contribution in [0, 0.1) is 11.8 Å². The molecule has 1 fully saturated rings. The lowest BCUT2D eigenvalue weighted by molar-refractivity contribution is -0.127. The van der Waals surface area contributed by atoms with Crippen molar-refractivity contribution in [2.45, 2.75) is 51.9 Å². The summed E-state index contributed by atoms with van der Waals surface area (Å²) in [6.07, 6.45) is 7.78. The van der Waals surface area contributed by atoms with Crippen LogP contribution in [0.1, 0.15) is 51.9 Å². The molecular weight excluding hydrogens is 176 g/mol. The minimum atomic E-state index is 0.152. The summed E-state index contributed by atoms with van der Waals surface area (Å²) < 4.78 is 0. The summed E-state index contributed by atoms with van der Waals surface area (Å²) in [4.78, 5) is 22.2. The first-order valence-corrected chi connectivity index (χ1v) is 5.76. The van der Waals surface area contributed by atoms with Gasteiger partial charge in [-0.3, -0.25) is 4.79 Å². The maximum Gasteiger partial charge on any atom is 0.136 e. The summed E-state index contributed by atoms with van der Waals surface area (Å²) in [5.74, 6) is 0.726. The summed E-state index contributed by atoms with van der Waals surface area (Å²) in [7, 11) is 0. The van der Waals surface area contributed by atoms with E-state index in [1.807, 2.05) is 0 Å². The molecule has 0 aromatic rings. The van der Waals surface area contributed by atoms with Crippen molar-refractivity contribution >= 4 is 12.1 Å². The number of Topliss-reactive ketones (excluding diaryl/α,β-unsaturated/α-hetero) is 1. The second-order valence-corrected chi connectivity index (χ2v) is 4.33. The Morgan fingerprint density at radius 2 is 2.21 bits per heavy atom. The van der Waals surface area contributed by atoms with Crippen molar-refractivity contribution < 1.29 is 9.59 Å². The van der Waals surface area contributed by atoms with Gasteiger partial charge in [0.05, 0.1) is 0 Å². The number of rotatable bonds is 5. The van der Waals surface area contributed by atoms with Gasteiger partial charge in [-0.2, -0.15) is 0 Å². The van der Waals surface area contributed by atoms with Gasteiger partial charge in [0.25, 0.3) is 0 Å². The first kappa shape index (κ1) is 11.4. The minimum absolute atomic E-state index is 0.152. The van der Waals surface area contributed by atoms with Gasteiger partial charge in [0.15, 0.2) is 0 Å². The lowest BCUT2D eigenvalue weighted by atomic mass is 9.79. The molecule has 0 N–H and O–H groups in total. The number of unbranched alkanes of at least 4 members (excludes halogenated alkanes) is 2. The molecule has 2 nitrogen and oxygen atoms in total. The highest BCUT2D eigenvalue weighted by atomic mass is 16.1. The van der Waals surface area contributed by atoms with Crippen LogP contribution in [0.4, 0.5) is 0 Å². The van der Waals surface area contributed by atoms with Gasteiger partial charge < -0.3 is 4.79 Å². The van der Waals surface area contributed by atoms with Gasteiger partial charge in [-0.05, 0) is 19.3 Å². The zero-order valence-electron chi connectivity index (χ0n) is 9.00. The summed E-state index contributed by atoms with van der Waals surface area (Å²) in [5.41, 5.74) is 0. The van der Waals surface area contributed by atoms with E-state index in [1.165, 1.54) is 12.8 Å². The fourth-order valence-corrected chi connectivity index (χ4v) is 2.19. The molecule has 80 valence electrons. The van der Waals surface area contributed by atoms with E-state index in [4.69, 9.17) is 0 Å². The Balaban J connectivity index is 2.32. The summed E-state index contributed by atoms with van der Waals surface area (Å²) >= 11 is 0. The number of carbonyl (C=O) groups is 2. The smallest absolute Gasteiger partial charge is 0.136 e. The Kier molecular flexibility index (Phi) is 4.85. The number of ketones is 1. The van der Waals surface area contributed by atoms with Crippen LogP contribution in [-0.2, 0) is 9.59 Å². The molecule has 14 heavy (non-hydrogen) atoms. The molecule has 0 bridgehead atoms. The van der Waals surface area contributed by atoms with Crippen molar-refractivity contribution in [3.63, 3.8) is 0 Å². The molecule has 0 aliphatic heterocycles. The van der Waals surface area contributed by atoms with Crippen molar-refractivity contribution in [3.05, 3.63) is 0 Å². The Bertz CT molecular complexity index is 198. The maximum absolute atomic E-state index is 11.5. The third-order valence-electron chi connectivity index (χ3n) is 3.15. The van der Waals surface area contributed by atoms with E-state index < -0.39 is 0 Å². The monoisotopic (exact) mass is 196 g/mol. The second kappa shape index (κ2) is 5.94. The predicted molar refractivity (Wildman–Crippen MR) is 56.0 cm³/mol. The largest absolute Gasteiger partial charge is 0.303 e. The van der Waals surface area contributed by atoms with Gasteiger partial charge in [0.1, 0.15) is 12.1 Å². The van der Waals surface area contributed by atoms with E-state index >= 15 is 0 Å². The molecule has 1 saturated carbocycles. The summed E-state index contributed by atoms with van der Waals surface area (Å²) in [6.45, 7) is 2.16.